The smallest absolute Gasteiger partial charge is 0.321 e. The summed E-state index contributed by atoms with van der Waals surface area (Å²) < 4.78 is 5.29. The highest BCUT2D eigenvalue weighted by molar-refractivity contribution is 6.42. The summed E-state index contributed by atoms with van der Waals surface area (Å²) in [5.74, 6) is 0. The normalized spacial score (nSPS) is 19.1. The van der Waals surface area contributed by atoms with Crippen molar-refractivity contribution in [1.82, 2.24) is 5.32 Å². The van der Waals surface area contributed by atoms with E-state index in [9.17, 15) is 4.79 Å². The molecule has 0 radical (unpaired) electrons. The highest BCUT2D eigenvalue weighted by Crippen LogP contribution is 2.24. The molecule has 0 aliphatic carbocycles. The molecule has 2 N–H and O–H groups in total. The van der Waals surface area contributed by atoms with Crippen LogP contribution in [-0.2, 0) is 4.74 Å². The molecule has 4 nitrogen and oxygen atoms in total. The molecule has 6 heteroatoms. The average molecular weight is 275 g/mol. The summed E-state index contributed by atoms with van der Waals surface area (Å²) in [4.78, 5) is 11.6. The zero-order valence-corrected chi connectivity index (χ0v) is 10.5. The third-order valence-corrected chi connectivity index (χ3v) is 3.14. The Morgan fingerprint density at radius 2 is 2.18 bits per heavy atom. The number of halogens is 2. The molecule has 92 valence electrons. The van der Waals surface area contributed by atoms with Crippen molar-refractivity contribution in [3.05, 3.63) is 28.2 Å². The lowest BCUT2D eigenvalue weighted by molar-refractivity contribution is 0.0928. The third-order valence-electron chi connectivity index (χ3n) is 2.40. The van der Waals surface area contributed by atoms with Crippen LogP contribution < -0.4 is 10.6 Å². The highest BCUT2D eigenvalue weighted by Gasteiger charge is 2.17. The molecule has 1 fully saturated rings. The lowest BCUT2D eigenvalue weighted by Crippen LogP contribution is -2.37. The molecule has 1 unspecified atom stereocenters. The van der Waals surface area contributed by atoms with E-state index in [1.54, 1.807) is 18.2 Å². The van der Waals surface area contributed by atoms with E-state index < -0.39 is 0 Å². The standard InChI is InChI=1S/C11H12Cl2N2O2/c12-8-4-3-7(6-9(8)13)14-11(16)15-10-2-1-5-17-10/h3-4,6,10H,1-2,5H2,(H2,14,15,16). The molecule has 1 heterocycles. The molecule has 2 amide bonds. The Bertz CT molecular complexity index is 420. The Kier molecular flexibility index (Phi) is 4.10. The largest absolute Gasteiger partial charge is 0.358 e. The number of urea groups is 1. The van der Waals surface area contributed by atoms with Crippen LogP contribution in [0.2, 0.25) is 10.0 Å². The molecule has 2 rings (SSSR count). The van der Waals surface area contributed by atoms with Crippen molar-refractivity contribution < 1.29 is 9.53 Å². The number of carbonyl (C=O) groups is 1. The van der Waals surface area contributed by atoms with E-state index >= 15 is 0 Å². The van der Waals surface area contributed by atoms with Gasteiger partial charge in [-0.15, -0.1) is 0 Å². The van der Waals surface area contributed by atoms with Gasteiger partial charge in [0.25, 0.3) is 0 Å². The minimum absolute atomic E-state index is 0.197. The second kappa shape index (κ2) is 5.58. The summed E-state index contributed by atoms with van der Waals surface area (Å²) >= 11 is 11.6. The Morgan fingerprint density at radius 1 is 1.35 bits per heavy atom. The van der Waals surface area contributed by atoms with Crippen LogP contribution in [0.1, 0.15) is 12.8 Å². The molecule has 1 aliphatic rings. The van der Waals surface area contributed by atoms with Gasteiger partial charge in [0.2, 0.25) is 0 Å². The van der Waals surface area contributed by atoms with Crippen molar-refractivity contribution in [2.24, 2.45) is 0 Å². The molecule has 0 aromatic heterocycles. The zero-order valence-electron chi connectivity index (χ0n) is 9.00. The quantitative estimate of drug-likeness (QED) is 0.870. The van der Waals surface area contributed by atoms with Gasteiger partial charge in [0.05, 0.1) is 10.0 Å². The summed E-state index contributed by atoms with van der Waals surface area (Å²) in [6.45, 7) is 0.692. The van der Waals surface area contributed by atoms with E-state index in [0.29, 0.717) is 22.3 Å². The number of rotatable bonds is 2. The van der Waals surface area contributed by atoms with Gasteiger partial charge in [-0.05, 0) is 31.0 Å². The van der Waals surface area contributed by atoms with E-state index in [1.807, 2.05) is 0 Å². The van der Waals surface area contributed by atoms with Gasteiger partial charge in [0.15, 0.2) is 0 Å². The molecule has 0 bridgehead atoms. The number of benzene rings is 1. The van der Waals surface area contributed by atoms with E-state index in [0.717, 1.165) is 12.8 Å². The maximum atomic E-state index is 11.6. The van der Waals surface area contributed by atoms with Gasteiger partial charge in [0, 0.05) is 12.3 Å². The summed E-state index contributed by atoms with van der Waals surface area (Å²) in [6, 6.07) is 4.60. The van der Waals surface area contributed by atoms with Gasteiger partial charge in [-0.1, -0.05) is 23.2 Å². The number of nitrogens with one attached hydrogen (secondary N) is 2. The SMILES string of the molecule is O=C(Nc1ccc(Cl)c(Cl)c1)NC1CCCO1. The van der Waals surface area contributed by atoms with E-state index in [-0.39, 0.29) is 12.3 Å². The second-order valence-electron chi connectivity index (χ2n) is 3.73. The fraction of sp³-hybridized carbons (Fsp3) is 0.364. The lowest BCUT2D eigenvalue weighted by Gasteiger charge is -2.13. The van der Waals surface area contributed by atoms with Gasteiger partial charge in [0.1, 0.15) is 6.23 Å². The van der Waals surface area contributed by atoms with Gasteiger partial charge < -0.3 is 15.4 Å². The zero-order chi connectivity index (χ0) is 12.3. The molecule has 1 aromatic carbocycles. The molecule has 1 atom stereocenters. The molecule has 17 heavy (non-hydrogen) atoms. The number of anilines is 1. The number of ether oxygens (including phenoxy) is 1. The number of hydrogen-bond donors (Lipinski definition) is 2. The van der Waals surface area contributed by atoms with Crippen molar-refractivity contribution in [2.45, 2.75) is 19.1 Å². The van der Waals surface area contributed by atoms with Crippen LogP contribution in [0.15, 0.2) is 18.2 Å². The van der Waals surface area contributed by atoms with Gasteiger partial charge in [-0.2, -0.15) is 0 Å². The predicted octanol–water partition coefficient (Wildman–Crippen LogP) is 3.25. The molecule has 1 aliphatic heterocycles. The number of carbonyl (C=O) groups excluding carboxylic acids is 1. The second-order valence-corrected chi connectivity index (χ2v) is 4.54. The first-order valence-electron chi connectivity index (χ1n) is 5.29. The number of hydrogen-bond acceptors (Lipinski definition) is 2. The molecule has 1 aromatic rings. The van der Waals surface area contributed by atoms with Crippen molar-refractivity contribution in [2.75, 3.05) is 11.9 Å². The van der Waals surface area contributed by atoms with Crippen molar-refractivity contribution in [1.29, 1.82) is 0 Å². The molecule has 0 spiro atoms. The van der Waals surface area contributed by atoms with Crippen LogP contribution in [-0.4, -0.2) is 18.9 Å². The average Bonchev–Trinajstić information content (AvgIpc) is 2.76. The minimum Gasteiger partial charge on any atom is -0.358 e. The Morgan fingerprint density at radius 3 is 2.82 bits per heavy atom. The summed E-state index contributed by atoms with van der Waals surface area (Å²) in [7, 11) is 0. The highest BCUT2D eigenvalue weighted by atomic mass is 35.5. The molecule has 1 saturated heterocycles. The summed E-state index contributed by atoms with van der Waals surface area (Å²) in [5, 5.41) is 6.24. The first kappa shape index (κ1) is 12.5. The maximum absolute atomic E-state index is 11.6. The minimum atomic E-state index is -0.310. The van der Waals surface area contributed by atoms with E-state index in [1.165, 1.54) is 0 Å². The lowest BCUT2D eigenvalue weighted by atomic mass is 10.3. The van der Waals surface area contributed by atoms with Crippen LogP contribution in [0.3, 0.4) is 0 Å². The first-order valence-corrected chi connectivity index (χ1v) is 6.05. The van der Waals surface area contributed by atoms with Crippen molar-refractivity contribution in [3.8, 4) is 0 Å². The summed E-state index contributed by atoms with van der Waals surface area (Å²) in [6.07, 6.45) is 1.62. The molecular weight excluding hydrogens is 263 g/mol. The third kappa shape index (κ3) is 3.49. The van der Waals surface area contributed by atoms with Gasteiger partial charge >= 0.3 is 6.03 Å². The Balaban J connectivity index is 1.90. The van der Waals surface area contributed by atoms with E-state index in [4.69, 9.17) is 27.9 Å². The molecular formula is C11H12Cl2N2O2. The van der Waals surface area contributed by atoms with Crippen LogP contribution in [0.5, 0.6) is 0 Å². The van der Waals surface area contributed by atoms with Crippen molar-refractivity contribution >= 4 is 34.9 Å². The van der Waals surface area contributed by atoms with Gasteiger partial charge in [-0.25, -0.2) is 4.79 Å². The van der Waals surface area contributed by atoms with Crippen LogP contribution >= 0.6 is 23.2 Å². The van der Waals surface area contributed by atoms with Crippen LogP contribution in [0.4, 0.5) is 10.5 Å². The van der Waals surface area contributed by atoms with E-state index in [2.05, 4.69) is 10.6 Å². The fourth-order valence-corrected chi connectivity index (χ4v) is 1.88. The summed E-state index contributed by atoms with van der Waals surface area (Å²) in [5.41, 5.74) is 0.592. The Labute approximate surface area is 109 Å². The predicted molar refractivity (Wildman–Crippen MR) is 67.6 cm³/mol. The van der Waals surface area contributed by atoms with Crippen molar-refractivity contribution in [3.63, 3.8) is 0 Å². The van der Waals surface area contributed by atoms with Gasteiger partial charge in [-0.3, -0.25) is 0 Å². The Hall–Kier alpha value is -0.970. The first-order chi connectivity index (χ1) is 8.15. The maximum Gasteiger partial charge on any atom is 0.321 e. The number of amides is 2. The monoisotopic (exact) mass is 274 g/mol. The van der Waals surface area contributed by atoms with Crippen LogP contribution in [0, 0.1) is 0 Å². The van der Waals surface area contributed by atoms with Crippen LogP contribution in [0.25, 0.3) is 0 Å². The topological polar surface area (TPSA) is 50.4 Å². The fourth-order valence-electron chi connectivity index (χ4n) is 1.58. The molecule has 0 saturated carbocycles.